The van der Waals surface area contributed by atoms with E-state index in [1.54, 1.807) is 0 Å². The number of nitrogens with two attached hydrogens (primary N) is 1. The van der Waals surface area contributed by atoms with Crippen LogP contribution in [0.15, 0.2) is 16.1 Å². The number of carbonyl (C=O) groups excluding carboxylic acids is 1. The summed E-state index contributed by atoms with van der Waals surface area (Å²) in [7, 11) is 0. The fourth-order valence-corrected chi connectivity index (χ4v) is 1.19. The van der Waals surface area contributed by atoms with E-state index in [1.807, 2.05) is 0 Å². The van der Waals surface area contributed by atoms with Crippen molar-refractivity contribution >= 4 is 11.7 Å². The molecule has 2 heterocycles. The van der Waals surface area contributed by atoms with Gasteiger partial charge in [0.15, 0.2) is 0 Å². The lowest BCUT2D eigenvalue weighted by Gasteiger charge is -1.94. The lowest BCUT2D eigenvalue weighted by molar-refractivity contribution is -0.116. The summed E-state index contributed by atoms with van der Waals surface area (Å²) in [6, 6.07) is 0. The lowest BCUT2D eigenvalue weighted by atomic mass is 10.2. The fraction of sp³-hybridized carbons (Fsp3) is 0.333. The van der Waals surface area contributed by atoms with Gasteiger partial charge < -0.3 is 11.1 Å². The summed E-state index contributed by atoms with van der Waals surface area (Å²) in [6.45, 7) is 1.02. The predicted molar refractivity (Wildman–Crippen MR) is 36.5 cm³/mol. The van der Waals surface area contributed by atoms with E-state index in [0.717, 1.165) is 11.1 Å². The second-order valence-electron chi connectivity index (χ2n) is 2.34. The first-order valence-corrected chi connectivity index (χ1v) is 3.09. The highest BCUT2D eigenvalue weighted by atomic mass is 16.1. The highest BCUT2D eigenvalue weighted by molar-refractivity contribution is 6.12. The largest absolute Gasteiger partial charge is 0.384 e. The monoisotopic (exact) mass is 137 g/mol. The molecule has 4 nitrogen and oxygen atoms in total. The molecule has 2 aliphatic heterocycles. The molecule has 1 amide bonds. The summed E-state index contributed by atoms with van der Waals surface area (Å²) in [6.07, 6.45) is 0. The van der Waals surface area contributed by atoms with E-state index in [-0.39, 0.29) is 5.91 Å². The molecule has 2 rings (SSSR count). The minimum atomic E-state index is -0.0146. The number of hydrogen-bond donors (Lipinski definition) is 2. The minimum absolute atomic E-state index is 0.0146. The average Bonchev–Trinajstić information content (AvgIpc) is 2.41. The van der Waals surface area contributed by atoms with E-state index >= 15 is 0 Å². The van der Waals surface area contributed by atoms with Gasteiger partial charge in [-0.05, 0) is 0 Å². The number of rotatable bonds is 0. The zero-order valence-corrected chi connectivity index (χ0v) is 5.35. The van der Waals surface area contributed by atoms with Crippen LogP contribution in [0.4, 0.5) is 0 Å². The standard InChI is InChI=1S/C6H7N3O/c7-5-3-1-9-6(10)4(3)2-8-5/h1-2H2,(H2,7,8)(H,9,10). The lowest BCUT2D eigenvalue weighted by Crippen LogP contribution is -2.22. The Hall–Kier alpha value is -1.32. The maximum absolute atomic E-state index is 10.9. The number of amides is 1. The molecule has 3 N–H and O–H groups in total. The molecule has 52 valence electrons. The second kappa shape index (κ2) is 1.59. The third kappa shape index (κ3) is 0.504. The van der Waals surface area contributed by atoms with Gasteiger partial charge in [0.25, 0.3) is 0 Å². The van der Waals surface area contributed by atoms with Gasteiger partial charge >= 0.3 is 0 Å². The van der Waals surface area contributed by atoms with Gasteiger partial charge in [-0.15, -0.1) is 0 Å². The minimum Gasteiger partial charge on any atom is -0.384 e. The van der Waals surface area contributed by atoms with Crippen molar-refractivity contribution in [3.63, 3.8) is 0 Å². The molecule has 10 heavy (non-hydrogen) atoms. The zero-order valence-electron chi connectivity index (χ0n) is 5.35. The van der Waals surface area contributed by atoms with E-state index in [2.05, 4.69) is 10.3 Å². The van der Waals surface area contributed by atoms with Crippen molar-refractivity contribution in [1.82, 2.24) is 5.32 Å². The Morgan fingerprint density at radius 1 is 1.50 bits per heavy atom. The van der Waals surface area contributed by atoms with Crippen LogP contribution in [0, 0.1) is 0 Å². The maximum Gasteiger partial charge on any atom is 0.249 e. The van der Waals surface area contributed by atoms with Crippen LogP contribution < -0.4 is 11.1 Å². The number of hydrogen-bond acceptors (Lipinski definition) is 3. The summed E-state index contributed by atoms with van der Waals surface area (Å²) in [5, 5.41) is 2.68. The summed E-state index contributed by atoms with van der Waals surface area (Å²) < 4.78 is 0. The molecule has 0 spiro atoms. The number of nitrogens with one attached hydrogen (secondary N) is 1. The van der Waals surface area contributed by atoms with Gasteiger partial charge in [-0.1, -0.05) is 0 Å². The van der Waals surface area contributed by atoms with Gasteiger partial charge in [-0.2, -0.15) is 0 Å². The fourth-order valence-electron chi connectivity index (χ4n) is 1.19. The molecule has 0 radical (unpaired) electrons. The number of carbonyl (C=O) groups is 1. The first kappa shape index (κ1) is 5.46. The Morgan fingerprint density at radius 2 is 2.30 bits per heavy atom. The van der Waals surface area contributed by atoms with Crippen LogP contribution in [-0.2, 0) is 4.79 Å². The summed E-state index contributed by atoms with van der Waals surface area (Å²) in [4.78, 5) is 14.8. The van der Waals surface area contributed by atoms with Crippen LogP contribution in [0.1, 0.15) is 0 Å². The molecule has 4 heteroatoms. The Labute approximate surface area is 57.8 Å². The molecule has 0 saturated carbocycles. The number of amidine groups is 1. The van der Waals surface area contributed by atoms with Crippen LogP contribution in [0.2, 0.25) is 0 Å². The van der Waals surface area contributed by atoms with Crippen molar-refractivity contribution in [3.8, 4) is 0 Å². The van der Waals surface area contributed by atoms with E-state index in [0.29, 0.717) is 18.9 Å². The SMILES string of the molecule is NC1=NCC2=C1CNC2=O. The summed E-state index contributed by atoms with van der Waals surface area (Å²) in [5.41, 5.74) is 7.12. The van der Waals surface area contributed by atoms with Crippen LogP contribution in [0.25, 0.3) is 0 Å². The van der Waals surface area contributed by atoms with Crippen molar-refractivity contribution in [1.29, 1.82) is 0 Å². The van der Waals surface area contributed by atoms with Gasteiger partial charge in [-0.3, -0.25) is 9.79 Å². The Morgan fingerprint density at radius 3 is 3.00 bits per heavy atom. The van der Waals surface area contributed by atoms with E-state index in [1.165, 1.54) is 0 Å². The average molecular weight is 137 g/mol. The highest BCUT2D eigenvalue weighted by Crippen LogP contribution is 2.16. The van der Waals surface area contributed by atoms with Gasteiger partial charge in [0.2, 0.25) is 5.91 Å². The Bertz CT molecular complexity index is 264. The molecule has 0 aromatic heterocycles. The van der Waals surface area contributed by atoms with Gasteiger partial charge in [0, 0.05) is 17.7 Å². The van der Waals surface area contributed by atoms with Crippen LogP contribution in [-0.4, -0.2) is 24.8 Å². The van der Waals surface area contributed by atoms with Gasteiger partial charge in [0.05, 0.1) is 6.54 Å². The highest BCUT2D eigenvalue weighted by Gasteiger charge is 2.27. The quantitative estimate of drug-likeness (QED) is 0.439. The van der Waals surface area contributed by atoms with Crippen molar-refractivity contribution in [2.24, 2.45) is 10.7 Å². The van der Waals surface area contributed by atoms with Crippen molar-refractivity contribution in [3.05, 3.63) is 11.1 Å². The first-order chi connectivity index (χ1) is 4.79. The molecule has 0 aromatic rings. The third-order valence-electron chi connectivity index (χ3n) is 1.78. The maximum atomic E-state index is 10.9. The van der Waals surface area contributed by atoms with Crippen LogP contribution >= 0.6 is 0 Å². The summed E-state index contributed by atoms with van der Waals surface area (Å²) in [5.74, 6) is 0.507. The van der Waals surface area contributed by atoms with Crippen LogP contribution in [0.5, 0.6) is 0 Å². The van der Waals surface area contributed by atoms with Crippen molar-refractivity contribution < 1.29 is 4.79 Å². The molecule has 2 aliphatic rings. The predicted octanol–water partition coefficient (Wildman–Crippen LogP) is -1.22. The normalized spacial score (nSPS) is 22.8. The number of nitrogens with zero attached hydrogens (tertiary/aromatic N) is 1. The van der Waals surface area contributed by atoms with E-state index < -0.39 is 0 Å². The van der Waals surface area contributed by atoms with E-state index in [9.17, 15) is 4.79 Å². The molecule has 0 fully saturated rings. The van der Waals surface area contributed by atoms with Crippen molar-refractivity contribution in [2.75, 3.05) is 13.1 Å². The van der Waals surface area contributed by atoms with Gasteiger partial charge in [0.1, 0.15) is 5.84 Å². The molecular formula is C6H7N3O. The Balaban J connectivity index is 2.43. The molecule has 0 aromatic carbocycles. The first-order valence-electron chi connectivity index (χ1n) is 3.09. The third-order valence-corrected chi connectivity index (χ3v) is 1.78. The zero-order chi connectivity index (χ0) is 7.14. The summed E-state index contributed by atoms with van der Waals surface area (Å²) >= 11 is 0. The smallest absolute Gasteiger partial charge is 0.249 e. The topological polar surface area (TPSA) is 67.5 Å². The molecular weight excluding hydrogens is 130 g/mol. The molecule has 0 unspecified atom stereocenters. The number of aliphatic imine (C=N–C) groups is 1. The molecule has 0 bridgehead atoms. The Kier molecular flexibility index (Phi) is 0.869. The van der Waals surface area contributed by atoms with Gasteiger partial charge in [-0.25, -0.2) is 0 Å². The second-order valence-corrected chi connectivity index (χ2v) is 2.34. The molecule has 0 atom stereocenters. The van der Waals surface area contributed by atoms with E-state index in [4.69, 9.17) is 5.73 Å². The van der Waals surface area contributed by atoms with Crippen molar-refractivity contribution in [2.45, 2.75) is 0 Å². The van der Waals surface area contributed by atoms with Crippen LogP contribution in [0.3, 0.4) is 0 Å². The molecule has 0 saturated heterocycles. The molecule has 0 aliphatic carbocycles.